The van der Waals surface area contributed by atoms with Gasteiger partial charge in [-0.1, -0.05) is 0 Å². The molecular weight excluding hydrogens is 245 g/mol. The molecule has 1 heterocycles. The molecule has 0 unspecified atom stereocenters. The van der Waals surface area contributed by atoms with Crippen LogP contribution in [0, 0.1) is 5.82 Å². The Kier molecular flexibility index (Phi) is 2.78. The predicted molar refractivity (Wildman–Crippen MR) is 70.4 cm³/mol. The lowest BCUT2D eigenvalue weighted by Gasteiger charge is -2.09. The number of carbonyl (C=O) groups is 1. The van der Waals surface area contributed by atoms with Gasteiger partial charge in [-0.05, 0) is 54.7 Å². The Bertz CT molecular complexity index is 707. The van der Waals surface area contributed by atoms with Crippen LogP contribution in [-0.4, -0.2) is 16.1 Å². The van der Waals surface area contributed by atoms with E-state index in [-0.39, 0.29) is 5.82 Å². The second-order valence-electron chi connectivity index (χ2n) is 4.64. The van der Waals surface area contributed by atoms with E-state index in [0.29, 0.717) is 10.9 Å². The van der Waals surface area contributed by atoms with E-state index < -0.39 is 5.97 Å². The quantitative estimate of drug-likeness (QED) is 0.841. The molecular formula is C15H12FNO2. The summed E-state index contributed by atoms with van der Waals surface area (Å²) < 4.78 is 13.4. The fourth-order valence-electron chi connectivity index (χ4n) is 2.62. The van der Waals surface area contributed by atoms with Crippen LogP contribution in [0.2, 0.25) is 0 Å². The third-order valence-electron chi connectivity index (χ3n) is 3.41. The van der Waals surface area contributed by atoms with Gasteiger partial charge < -0.3 is 5.11 Å². The van der Waals surface area contributed by atoms with Gasteiger partial charge in [0, 0.05) is 17.2 Å². The van der Waals surface area contributed by atoms with E-state index in [1.807, 2.05) is 0 Å². The number of carboxylic acids is 1. The average Bonchev–Trinajstić information content (AvgIpc) is 2.82. The highest BCUT2D eigenvalue weighted by atomic mass is 19.1. The summed E-state index contributed by atoms with van der Waals surface area (Å²) in [7, 11) is 0. The van der Waals surface area contributed by atoms with E-state index in [2.05, 4.69) is 4.98 Å². The predicted octanol–water partition coefficient (Wildman–Crippen LogP) is 2.96. The average molecular weight is 257 g/mol. The highest BCUT2D eigenvalue weighted by Crippen LogP contribution is 2.31. The first-order chi connectivity index (χ1) is 9.15. The number of rotatable bonds is 2. The van der Waals surface area contributed by atoms with Crippen LogP contribution in [0.1, 0.15) is 23.2 Å². The first-order valence-electron chi connectivity index (χ1n) is 6.17. The van der Waals surface area contributed by atoms with Crippen molar-refractivity contribution in [3.63, 3.8) is 0 Å². The fourth-order valence-corrected chi connectivity index (χ4v) is 2.62. The van der Waals surface area contributed by atoms with E-state index in [0.717, 1.165) is 42.2 Å². The molecule has 1 N–H and O–H groups in total. The Balaban J connectivity index is 2.31. The van der Waals surface area contributed by atoms with Crippen LogP contribution in [0.5, 0.6) is 0 Å². The van der Waals surface area contributed by atoms with Gasteiger partial charge in [0.05, 0.1) is 5.52 Å². The van der Waals surface area contributed by atoms with Gasteiger partial charge >= 0.3 is 5.97 Å². The third-order valence-corrected chi connectivity index (χ3v) is 3.41. The third kappa shape index (κ3) is 2.10. The molecule has 0 spiro atoms. The number of aryl methyl sites for hydroxylation is 1. The van der Waals surface area contributed by atoms with Crippen LogP contribution < -0.4 is 0 Å². The van der Waals surface area contributed by atoms with Gasteiger partial charge in [0.15, 0.2) is 0 Å². The van der Waals surface area contributed by atoms with Gasteiger partial charge in [-0.2, -0.15) is 0 Å². The Morgan fingerprint density at radius 2 is 2.21 bits per heavy atom. The van der Waals surface area contributed by atoms with Crippen molar-refractivity contribution in [3.05, 3.63) is 46.9 Å². The van der Waals surface area contributed by atoms with Crippen molar-refractivity contribution in [3.8, 4) is 0 Å². The maximum Gasteiger partial charge on any atom is 0.328 e. The standard InChI is InChI=1S/C15H12FNO2/c16-9-4-6-14-12(8-9)10(5-7-15(18)19)11-2-1-3-13(11)17-14/h4-8H,1-3H2,(H,18,19)/b7-5+. The Morgan fingerprint density at radius 1 is 1.37 bits per heavy atom. The van der Waals surface area contributed by atoms with Crippen LogP contribution in [0.15, 0.2) is 24.3 Å². The van der Waals surface area contributed by atoms with E-state index in [1.165, 1.54) is 12.1 Å². The summed E-state index contributed by atoms with van der Waals surface area (Å²) in [6.07, 6.45) is 5.42. The molecule has 3 nitrogen and oxygen atoms in total. The van der Waals surface area contributed by atoms with Crippen molar-refractivity contribution in [2.45, 2.75) is 19.3 Å². The lowest BCUT2D eigenvalue weighted by Crippen LogP contribution is -1.96. The van der Waals surface area contributed by atoms with Crippen molar-refractivity contribution in [1.29, 1.82) is 0 Å². The van der Waals surface area contributed by atoms with Crippen molar-refractivity contribution < 1.29 is 14.3 Å². The van der Waals surface area contributed by atoms with Crippen LogP contribution in [0.25, 0.3) is 17.0 Å². The molecule has 1 aliphatic rings. The number of nitrogens with zero attached hydrogens (tertiary/aromatic N) is 1. The monoisotopic (exact) mass is 257 g/mol. The topological polar surface area (TPSA) is 50.2 Å². The summed E-state index contributed by atoms with van der Waals surface area (Å²) >= 11 is 0. The molecule has 1 aromatic heterocycles. The maximum atomic E-state index is 13.4. The number of pyridine rings is 1. The second kappa shape index (κ2) is 4.46. The highest BCUT2D eigenvalue weighted by Gasteiger charge is 2.18. The lowest BCUT2D eigenvalue weighted by atomic mass is 10.0. The molecule has 96 valence electrons. The molecule has 2 aromatic rings. The molecule has 0 aliphatic heterocycles. The maximum absolute atomic E-state index is 13.4. The van der Waals surface area contributed by atoms with Crippen molar-refractivity contribution in [2.75, 3.05) is 0 Å². The molecule has 1 aromatic carbocycles. The Morgan fingerprint density at radius 3 is 3.00 bits per heavy atom. The minimum Gasteiger partial charge on any atom is -0.478 e. The first kappa shape index (κ1) is 11.8. The number of halogens is 1. The molecule has 1 aliphatic carbocycles. The van der Waals surface area contributed by atoms with Gasteiger partial charge in [0.25, 0.3) is 0 Å². The van der Waals surface area contributed by atoms with Crippen molar-refractivity contribution in [2.24, 2.45) is 0 Å². The smallest absolute Gasteiger partial charge is 0.328 e. The summed E-state index contributed by atoms with van der Waals surface area (Å²) in [5.74, 6) is -1.34. The number of benzene rings is 1. The highest BCUT2D eigenvalue weighted by molar-refractivity contribution is 5.94. The van der Waals surface area contributed by atoms with Gasteiger partial charge in [0.2, 0.25) is 0 Å². The number of hydrogen-bond donors (Lipinski definition) is 1. The van der Waals surface area contributed by atoms with Crippen LogP contribution in [-0.2, 0) is 17.6 Å². The lowest BCUT2D eigenvalue weighted by molar-refractivity contribution is -0.131. The number of carboxylic acid groups (broad SMARTS) is 1. The first-order valence-corrected chi connectivity index (χ1v) is 6.17. The summed E-state index contributed by atoms with van der Waals surface area (Å²) in [4.78, 5) is 15.2. The molecule has 0 radical (unpaired) electrons. The number of aliphatic carboxylic acids is 1. The SMILES string of the molecule is O=C(O)/C=C/c1c2c(nc3ccc(F)cc13)CCC2. The number of hydrogen-bond acceptors (Lipinski definition) is 2. The van der Waals surface area contributed by atoms with E-state index in [9.17, 15) is 9.18 Å². The van der Waals surface area contributed by atoms with Gasteiger partial charge in [0.1, 0.15) is 5.82 Å². The van der Waals surface area contributed by atoms with Crippen molar-refractivity contribution >= 4 is 22.9 Å². The summed E-state index contributed by atoms with van der Waals surface area (Å²) in [6, 6.07) is 4.44. The number of fused-ring (bicyclic) bond motifs is 2. The minimum atomic E-state index is -1.01. The Labute approximate surface area is 109 Å². The molecule has 0 saturated carbocycles. The minimum absolute atomic E-state index is 0.336. The zero-order valence-corrected chi connectivity index (χ0v) is 10.2. The van der Waals surface area contributed by atoms with Crippen LogP contribution >= 0.6 is 0 Å². The van der Waals surface area contributed by atoms with Gasteiger partial charge in [-0.15, -0.1) is 0 Å². The second-order valence-corrected chi connectivity index (χ2v) is 4.64. The summed E-state index contributed by atoms with van der Waals surface area (Å²) in [5.41, 5.74) is 3.56. The van der Waals surface area contributed by atoms with Crippen LogP contribution in [0.3, 0.4) is 0 Å². The molecule has 19 heavy (non-hydrogen) atoms. The molecule has 0 atom stereocenters. The normalized spacial score (nSPS) is 14.2. The largest absolute Gasteiger partial charge is 0.478 e. The van der Waals surface area contributed by atoms with E-state index >= 15 is 0 Å². The zero-order valence-electron chi connectivity index (χ0n) is 10.2. The van der Waals surface area contributed by atoms with Crippen molar-refractivity contribution in [1.82, 2.24) is 4.98 Å². The molecule has 0 bridgehead atoms. The molecule has 3 rings (SSSR count). The van der Waals surface area contributed by atoms with Gasteiger partial charge in [-0.3, -0.25) is 4.98 Å². The van der Waals surface area contributed by atoms with E-state index in [1.54, 1.807) is 12.1 Å². The summed E-state index contributed by atoms with van der Waals surface area (Å²) in [6.45, 7) is 0. The summed E-state index contributed by atoms with van der Waals surface area (Å²) in [5, 5.41) is 9.45. The molecule has 0 fully saturated rings. The molecule has 4 heteroatoms. The van der Waals surface area contributed by atoms with E-state index in [4.69, 9.17) is 5.11 Å². The number of aromatic nitrogens is 1. The fraction of sp³-hybridized carbons (Fsp3) is 0.200. The van der Waals surface area contributed by atoms with Gasteiger partial charge in [-0.25, -0.2) is 9.18 Å². The molecule has 0 amide bonds. The van der Waals surface area contributed by atoms with Crippen LogP contribution in [0.4, 0.5) is 4.39 Å². The zero-order chi connectivity index (χ0) is 13.4. The molecule has 0 saturated heterocycles. The Hall–Kier alpha value is -2.23.